The molecular weight excluding hydrogens is 681 g/mol. The van der Waals surface area contributed by atoms with Crippen LogP contribution in [0.25, 0.3) is 0 Å². The van der Waals surface area contributed by atoms with E-state index in [1.807, 2.05) is 12.2 Å². The molecule has 5 N–H and O–H groups in total. The number of quaternary nitrogens is 1. The summed E-state index contributed by atoms with van der Waals surface area (Å²) in [7, 11) is -2.37. The average molecular weight is 726 g/mol. The third-order valence-corrected chi connectivity index (χ3v) is 12.1. The van der Waals surface area contributed by atoms with Gasteiger partial charge in [-0.2, -0.15) is 0 Å². The second kappa shape index (κ2) is 14.9. The highest BCUT2D eigenvalue weighted by Crippen LogP contribution is 2.46. The molecule has 1 unspecified atom stereocenters. The van der Waals surface area contributed by atoms with Gasteiger partial charge in [0.1, 0.15) is 23.5 Å². The van der Waals surface area contributed by atoms with Crippen LogP contribution in [-0.2, 0) is 40.3 Å². The Morgan fingerprint density at radius 1 is 1.16 bits per heavy atom. The van der Waals surface area contributed by atoms with Crippen molar-refractivity contribution in [3.63, 3.8) is 0 Å². The fraction of sp³-hybridized carbons (Fsp3) is 0.636. The minimum Gasteiger partial charge on any atom is -1.00 e. The van der Waals surface area contributed by atoms with Crippen LogP contribution >= 0.6 is 0 Å². The number of carbonyl (C=O) groups excluding carboxylic acids is 4. The number of benzene rings is 1. The number of amides is 4. The largest absolute Gasteiger partial charge is 1.00 e. The standard InChI is InChI=1S/C33H44FN5O8S.ClH/c1-46-19-28-24-9-7-10-25(34)23(24)14-15-38(28)32(43)47-21-16-27-29(40)36-33(31(42)37-48(44,45)22-12-13-22)17-20(33)8-5-3-2-4-6-11-26(35)30(41)39(27)18-21;/h5,7-10,20-22,26-28H,2-4,6,11-19,35H2,1H3,(H,36,40)(H,37,42);1H/b8-5-;/t20-,21-,26+,27+,28?,33-;/m1./s1. The Morgan fingerprint density at radius 2 is 1.94 bits per heavy atom. The number of hydrogen-bond acceptors (Lipinski definition) is 8. The Morgan fingerprint density at radius 3 is 2.67 bits per heavy atom. The highest BCUT2D eigenvalue weighted by molar-refractivity contribution is 7.91. The monoisotopic (exact) mass is 725 g/mol. The van der Waals surface area contributed by atoms with Crippen molar-refractivity contribution in [3.05, 3.63) is 47.3 Å². The van der Waals surface area contributed by atoms with E-state index in [1.54, 1.807) is 12.1 Å². The first-order valence-electron chi connectivity index (χ1n) is 16.9. The highest BCUT2D eigenvalue weighted by atomic mass is 35.5. The van der Waals surface area contributed by atoms with Crippen molar-refractivity contribution < 1.29 is 59.6 Å². The molecule has 1 saturated heterocycles. The van der Waals surface area contributed by atoms with Crippen LogP contribution in [0.3, 0.4) is 0 Å². The quantitative estimate of drug-likeness (QED) is 0.285. The molecule has 16 heteroatoms. The lowest BCUT2D eigenvalue weighted by molar-refractivity contribution is -0.407. The number of halogens is 2. The van der Waals surface area contributed by atoms with Crippen molar-refractivity contribution in [2.24, 2.45) is 5.92 Å². The Balaban J connectivity index is 0.00000468. The van der Waals surface area contributed by atoms with Gasteiger partial charge in [0.25, 0.3) is 11.8 Å². The normalized spacial score (nSPS) is 31.0. The van der Waals surface area contributed by atoms with E-state index >= 15 is 0 Å². The molecule has 3 fully saturated rings. The summed E-state index contributed by atoms with van der Waals surface area (Å²) in [6.45, 7) is 0.254. The summed E-state index contributed by atoms with van der Waals surface area (Å²) in [5, 5.41) is 2.20. The molecule has 270 valence electrons. The lowest BCUT2D eigenvalue weighted by Gasteiger charge is -2.36. The van der Waals surface area contributed by atoms with Gasteiger partial charge in [-0.05, 0) is 62.1 Å². The van der Waals surface area contributed by atoms with Crippen molar-refractivity contribution >= 4 is 33.8 Å². The smallest absolute Gasteiger partial charge is 0.410 e. The summed E-state index contributed by atoms with van der Waals surface area (Å²) < 4.78 is 53.4. The first-order valence-corrected chi connectivity index (χ1v) is 18.4. The second-order valence-electron chi connectivity index (χ2n) is 13.7. The van der Waals surface area contributed by atoms with E-state index in [4.69, 9.17) is 9.47 Å². The average Bonchev–Trinajstić information content (AvgIpc) is 3.97. The van der Waals surface area contributed by atoms with E-state index in [2.05, 4.69) is 15.8 Å². The fourth-order valence-corrected chi connectivity index (χ4v) is 8.63. The molecular formula is C33H45ClFN5O8S. The zero-order chi connectivity index (χ0) is 34.2. The van der Waals surface area contributed by atoms with Crippen LogP contribution < -0.4 is 28.2 Å². The summed E-state index contributed by atoms with van der Waals surface area (Å²) in [6.07, 6.45) is 7.50. The number of ether oxygens (including phenoxy) is 2. The van der Waals surface area contributed by atoms with Crippen LogP contribution in [0.5, 0.6) is 0 Å². The Kier molecular flexibility index (Phi) is 11.3. The van der Waals surface area contributed by atoms with Gasteiger partial charge in [-0.15, -0.1) is 0 Å². The van der Waals surface area contributed by atoms with Gasteiger partial charge in [-0.3, -0.25) is 24.0 Å². The molecule has 0 radical (unpaired) electrons. The van der Waals surface area contributed by atoms with Crippen LogP contribution in [0.1, 0.15) is 75.0 Å². The Hall–Kier alpha value is -3.27. The predicted octanol–water partition coefficient (Wildman–Crippen LogP) is -1.90. The zero-order valence-electron chi connectivity index (χ0n) is 27.6. The van der Waals surface area contributed by atoms with Crippen LogP contribution in [0, 0.1) is 11.7 Å². The van der Waals surface area contributed by atoms with Crippen molar-refractivity contribution in [1.29, 1.82) is 0 Å². The molecule has 49 heavy (non-hydrogen) atoms. The molecule has 0 aromatic heterocycles. The number of rotatable bonds is 6. The third kappa shape index (κ3) is 7.74. The molecule has 0 bridgehead atoms. The lowest BCUT2D eigenvalue weighted by atomic mass is 9.93. The maximum absolute atomic E-state index is 14.6. The number of methoxy groups -OCH3 is 1. The van der Waals surface area contributed by atoms with E-state index in [0.29, 0.717) is 30.4 Å². The van der Waals surface area contributed by atoms with Gasteiger partial charge in [0.05, 0.1) is 24.4 Å². The van der Waals surface area contributed by atoms with E-state index in [1.165, 1.54) is 23.0 Å². The van der Waals surface area contributed by atoms with Gasteiger partial charge in [0.2, 0.25) is 15.9 Å². The summed E-state index contributed by atoms with van der Waals surface area (Å²) in [4.78, 5) is 57.7. The van der Waals surface area contributed by atoms with E-state index in [9.17, 15) is 32.0 Å². The van der Waals surface area contributed by atoms with Gasteiger partial charge < -0.3 is 37.8 Å². The van der Waals surface area contributed by atoms with Crippen LogP contribution in [-0.4, -0.2) is 97.8 Å². The second-order valence-corrected chi connectivity index (χ2v) is 15.6. The topological polar surface area (TPSA) is 179 Å². The van der Waals surface area contributed by atoms with Crippen LogP contribution in [0.4, 0.5) is 9.18 Å². The molecule has 13 nitrogen and oxygen atoms in total. The number of nitrogens with one attached hydrogen (secondary N) is 2. The molecule has 1 aromatic carbocycles. The number of fused-ring (bicyclic) bond motifs is 3. The zero-order valence-corrected chi connectivity index (χ0v) is 29.1. The number of hydrogen-bond donors (Lipinski definition) is 3. The third-order valence-electron chi connectivity index (χ3n) is 10.3. The summed E-state index contributed by atoms with van der Waals surface area (Å²) in [5.74, 6) is -2.53. The molecule has 0 spiro atoms. The molecule has 1 aromatic rings. The van der Waals surface area contributed by atoms with Crippen molar-refractivity contribution in [2.75, 3.05) is 26.8 Å². The Labute approximate surface area is 291 Å². The van der Waals surface area contributed by atoms with Crippen molar-refractivity contribution in [1.82, 2.24) is 19.8 Å². The summed E-state index contributed by atoms with van der Waals surface area (Å²) >= 11 is 0. The number of nitrogens with zero attached hydrogens (tertiary/aromatic N) is 2. The minimum absolute atomic E-state index is 0. The van der Waals surface area contributed by atoms with Gasteiger partial charge in [0.15, 0.2) is 6.04 Å². The highest BCUT2D eigenvalue weighted by Gasteiger charge is 2.62. The van der Waals surface area contributed by atoms with E-state index in [0.717, 1.165) is 25.7 Å². The number of sulfonamides is 1. The molecule has 6 atom stereocenters. The molecule has 4 amide bonds. The number of allylic oxidation sites excluding steroid dienone is 1. The van der Waals surface area contributed by atoms with Crippen LogP contribution in [0.15, 0.2) is 30.4 Å². The summed E-state index contributed by atoms with van der Waals surface area (Å²) in [6, 6.07) is 2.42. The Bertz CT molecular complexity index is 1590. The SMILES string of the molecule is COCC1c2cccc(F)c2CCN1C(=O)O[C@@H]1C[C@H]2C(=O)N[C@]3(C(=O)NS(=O)(=O)C4CC4)C[C@H]3/C=C\CCCCC[C@H]([NH3+])C(=O)N2C1.[Cl-]. The van der Waals surface area contributed by atoms with Gasteiger partial charge in [-0.25, -0.2) is 17.6 Å². The maximum atomic E-state index is 14.6. The van der Waals surface area contributed by atoms with Crippen molar-refractivity contribution in [2.45, 2.75) is 99.2 Å². The molecule has 6 rings (SSSR count). The minimum atomic E-state index is -3.87. The molecule has 2 saturated carbocycles. The predicted molar refractivity (Wildman–Crippen MR) is 170 cm³/mol. The first kappa shape index (κ1) is 37.0. The molecule has 5 aliphatic rings. The van der Waals surface area contributed by atoms with Crippen molar-refractivity contribution in [3.8, 4) is 0 Å². The van der Waals surface area contributed by atoms with Crippen LogP contribution in [0.2, 0.25) is 0 Å². The first-order chi connectivity index (χ1) is 22.9. The van der Waals surface area contributed by atoms with E-state index in [-0.39, 0.29) is 63.1 Å². The maximum Gasteiger partial charge on any atom is 0.410 e. The van der Waals surface area contributed by atoms with Gasteiger partial charge in [0, 0.05) is 32.4 Å². The summed E-state index contributed by atoms with van der Waals surface area (Å²) in [5.41, 5.74) is 3.75. The van der Waals surface area contributed by atoms with Gasteiger partial charge in [-0.1, -0.05) is 30.7 Å². The molecule has 2 aliphatic carbocycles. The fourth-order valence-electron chi connectivity index (χ4n) is 7.26. The lowest BCUT2D eigenvalue weighted by Crippen LogP contribution is -3.00. The van der Waals surface area contributed by atoms with E-state index < -0.39 is 68.9 Å². The molecule has 3 heterocycles. The molecule has 3 aliphatic heterocycles. The number of carbonyl (C=O) groups is 4. The van der Waals surface area contributed by atoms with Gasteiger partial charge >= 0.3 is 6.09 Å².